The topological polar surface area (TPSA) is 96.4 Å². The number of carbonyl (C=O) groups is 1. The van der Waals surface area contributed by atoms with E-state index in [0.29, 0.717) is 12.1 Å². The first-order chi connectivity index (χ1) is 10.2. The zero-order valence-corrected chi connectivity index (χ0v) is 12.1. The minimum absolute atomic E-state index is 0.222. The molecule has 0 radical (unpaired) electrons. The molecule has 0 aliphatic carbocycles. The van der Waals surface area contributed by atoms with Crippen LogP contribution < -0.4 is 4.72 Å². The van der Waals surface area contributed by atoms with E-state index in [1.54, 1.807) is 0 Å². The standard InChI is InChI=1S/C11H7F3N2O4S2/c12-6-1-2-7(10(14)9(6)13)22(19,20)16-11-15-4-5(21-11)3-8(17)18/h1-2,4H,3H2,(H,15,16)(H,17,18). The van der Waals surface area contributed by atoms with E-state index in [2.05, 4.69) is 4.98 Å². The lowest BCUT2D eigenvalue weighted by Gasteiger charge is -2.07. The summed E-state index contributed by atoms with van der Waals surface area (Å²) in [6, 6.07) is 1.05. The highest BCUT2D eigenvalue weighted by atomic mass is 32.2. The summed E-state index contributed by atoms with van der Waals surface area (Å²) < 4.78 is 65.1. The summed E-state index contributed by atoms with van der Waals surface area (Å²) in [5, 5.41) is 8.37. The minimum atomic E-state index is -4.53. The predicted molar refractivity (Wildman–Crippen MR) is 70.6 cm³/mol. The van der Waals surface area contributed by atoms with Gasteiger partial charge in [0.15, 0.2) is 22.6 Å². The number of carboxylic acids is 1. The maximum absolute atomic E-state index is 13.5. The molecule has 0 aliphatic rings. The van der Waals surface area contributed by atoms with Gasteiger partial charge in [-0.25, -0.2) is 26.6 Å². The number of thiazole rings is 1. The van der Waals surface area contributed by atoms with E-state index < -0.39 is 38.3 Å². The molecule has 11 heteroatoms. The molecule has 1 aromatic heterocycles. The molecule has 0 saturated heterocycles. The predicted octanol–water partition coefficient (Wildman–Crippen LogP) is 1.99. The molecule has 22 heavy (non-hydrogen) atoms. The Bertz CT molecular complexity index is 836. The Morgan fingerprint density at radius 1 is 1.27 bits per heavy atom. The monoisotopic (exact) mass is 352 g/mol. The molecule has 118 valence electrons. The van der Waals surface area contributed by atoms with Crippen LogP contribution in [0.25, 0.3) is 0 Å². The molecule has 2 N–H and O–H groups in total. The number of nitrogens with zero attached hydrogens (tertiary/aromatic N) is 1. The molecular weight excluding hydrogens is 345 g/mol. The molecule has 0 fully saturated rings. The normalized spacial score (nSPS) is 11.4. The third-order valence-corrected chi connectivity index (χ3v) is 4.79. The summed E-state index contributed by atoms with van der Waals surface area (Å²) in [5.74, 6) is -6.41. The van der Waals surface area contributed by atoms with Crippen molar-refractivity contribution >= 4 is 32.5 Å². The van der Waals surface area contributed by atoms with E-state index >= 15 is 0 Å². The Labute approximate surface area is 126 Å². The Hall–Kier alpha value is -2.14. The number of hydrogen-bond acceptors (Lipinski definition) is 5. The molecule has 0 unspecified atom stereocenters. The summed E-state index contributed by atoms with van der Waals surface area (Å²) in [5.41, 5.74) is 0. The molecule has 2 aromatic rings. The highest BCUT2D eigenvalue weighted by Crippen LogP contribution is 2.25. The summed E-state index contributed by atoms with van der Waals surface area (Å²) in [6.45, 7) is 0. The smallest absolute Gasteiger partial charge is 0.308 e. The van der Waals surface area contributed by atoms with Crippen molar-refractivity contribution in [1.82, 2.24) is 4.98 Å². The molecule has 0 aliphatic heterocycles. The van der Waals surface area contributed by atoms with Crippen molar-refractivity contribution in [2.75, 3.05) is 4.72 Å². The van der Waals surface area contributed by atoms with E-state index in [-0.39, 0.29) is 16.4 Å². The second-order valence-electron chi connectivity index (χ2n) is 3.98. The van der Waals surface area contributed by atoms with Crippen LogP contribution in [-0.2, 0) is 21.2 Å². The molecule has 0 saturated carbocycles. The van der Waals surface area contributed by atoms with E-state index in [0.717, 1.165) is 17.5 Å². The van der Waals surface area contributed by atoms with Crippen LogP contribution in [0.1, 0.15) is 4.88 Å². The number of sulfonamides is 1. The third-order valence-electron chi connectivity index (χ3n) is 2.39. The van der Waals surface area contributed by atoms with Crippen LogP contribution in [0.3, 0.4) is 0 Å². The van der Waals surface area contributed by atoms with Crippen molar-refractivity contribution in [3.05, 3.63) is 40.7 Å². The molecule has 0 bridgehead atoms. The first-order valence-electron chi connectivity index (χ1n) is 5.53. The van der Waals surface area contributed by atoms with Crippen molar-refractivity contribution in [2.24, 2.45) is 0 Å². The van der Waals surface area contributed by atoms with Gasteiger partial charge in [0.2, 0.25) is 0 Å². The molecule has 0 atom stereocenters. The van der Waals surface area contributed by atoms with Gasteiger partial charge < -0.3 is 5.11 Å². The average molecular weight is 352 g/mol. The van der Waals surface area contributed by atoms with Crippen LogP contribution in [0.4, 0.5) is 18.3 Å². The Kier molecular flexibility index (Phi) is 4.37. The number of halogens is 3. The second kappa shape index (κ2) is 5.93. The van der Waals surface area contributed by atoms with Gasteiger partial charge in [0.1, 0.15) is 4.90 Å². The molecule has 0 amide bonds. The van der Waals surface area contributed by atoms with Crippen molar-refractivity contribution in [3.63, 3.8) is 0 Å². The number of benzene rings is 1. The van der Waals surface area contributed by atoms with E-state index in [1.165, 1.54) is 0 Å². The van der Waals surface area contributed by atoms with E-state index in [4.69, 9.17) is 5.11 Å². The zero-order chi connectivity index (χ0) is 16.5. The fraction of sp³-hybridized carbons (Fsp3) is 0.0909. The van der Waals surface area contributed by atoms with Gasteiger partial charge in [-0.1, -0.05) is 0 Å². The van der Waals surface area contributed by atoms with Crippen LogP contribution in [0.5, 0.6) is 0 Å². The number of nitrogens with one attached hydrogen (secondary N) is 1. The minimum Gasteiger partial charge on any atom is -0.481 e. The summed E-state index contributed by atoms with van der Waals surface area (Å²) >= 11 is 0.723. The van der Waals surface area contributed by atoms with Crippen molar-refractivity contribution in [2.45, 2.75) is 11.3 Å². The summed E-state index contributed by atoms with van der Waals surface area (Å²) in [7, 11) is -4.53. The highest BCUT2D eigenvalue weighted by molar-refractivity contribution is 7.93. The largest absolute Gasteiger partial charge is 0.481 e. The van der Waals surface area contributed by atoms with Gasteiger partial charge in [-0.2, -0.15) is 0 Å². The van der Waals surface area contributed by atoms with E-state index in [9.17, 15) is 26.4 Å². The van der Waals surface area contributed by atoms with Gasteiger partial charge in [-0.3, -0.25) is 9.52 Å². The lowest BCUT2D eigenvalue weighted by Crippen LogP contribution is -2.15. The van der Waals surface area contributed by atoms with Crippen LogP contribution in [-0.4, -0.2) is 24.5 Å². The molecule has 0 spiro atoms. The van der Waals surface area contributed by atoms with Crippen LogP contribution in [0.15, 0.2) is 23.2 Å². The van der Waals surface area contributed by atoms with Gasteiger partial charge in [-0.15, -0.1) is 11.3 Å². The molecular formula is C11H7F3N2O4S2. The van der Waals surface area contributed by atoms with Crippen molar-refractivity contribution in [1.29, 1.82) is 0 Å². The van der Waals surface area contributed by atoms with Gasteiger partial charge in [0, 0.05) is 11.1 Å². The molecule has 1 aromatic carbocycles. The van der Waals surface area contributed by atoms with Gasteiger partial charge in [-0.05, 0) is 12.1 Å². The molecule has 6 nitrogen and oxygen atoms in total. The first-order valence-corrected chi connectivity index (χ1v) is 7.83. The number of aromatic nitrogens is 1. The number of anilines is 1. The Morgan fingerprint density at radius 2 is 1.95 bits per heavy atom. The van der Waals surface area contributed by atoms with Gasteiger partial charge in [0.25, 0.3) is 10.0 Å². The van der Waals surface area contributed by atoms with E-state index in [1.807, 2.05) is 4.72 Å². The maximum atomic E-state index is 13.5. The van der Waals surface area contributed by atoms with Crippen LogP contribution >= 0.6 is 11.3 Å². The average Bonchev–Trinajstić information content (AvgIpc) is 2.81. The first kappa shape index (κ1) is 16.2. The maximum Gasteiger partial charge on any atom is 0.308 e. The van der Waals surface area contributed by atoms with Gasteiger partial charge >= 0.3 is 5.97 Å². The highest BCUT2D eigenvalue weighted by Gasteiger charge is 2.25. The third kappa shape index (κ3) is 3.36. The Balaban J connectivity index is 2.30. The van der Waals surface area contributed by atoms with Crippen LogP contribution in [0, 0.1) is 17.5 Å². The fourth-order valence-electron chi connectivity index (χ4n) is 1.47. The Morgan fingerprint density at radius 3 is 2.59 bits per heavy atom. The lowest BCUT2D eigenvalue weighted by molar-refractivity contribution is -0.136. The fourth-order valence-corrected chi connectivity index (χ4v) is 3.59. The summed E-state index contributed by atoms with van der Waals surface area (Å²) in [6.07, 6.45) is 0.775. The van der Waals surface area contributed by atoms with Crippen molar-refractivity contribution < 1.29 is 31.5 Å². The molecule has 1 heterocycles. The number of hydrogen-bond donors (Lipinski definition) is 2. The number of aliphatic carboxylic acids is 1. The lowest BCUT2D eigenvalue weighted by atomic mass is 10.3. The molecule has 2 rings (SSSR count). The SMILES string of the molecule is O=C(O)Cc1cnc(NS(=O)(=O)c2ccc(F)c(F)c2F)s1. The summed E-state index contributed by atoms with van der Waals surface area (Å²) in [4.78, 5) is 13.3. The quantitative estimate of drug-likeness (QED) is 0.802. The van der Waals surface area contributed by atoms with Crippen molar-refractivity contribution in [3.8, 4) is 0 Å². The second-order valence-corrected chi connectivity index (χ2v) is 6.75. The number of carboxylic acid groups (broad SMARTS) is 1. The zero-order valence-electron chi connectivity index (χ0n) is 10.5. The number of rotatable bonds is 5. The van der Waals surface area contributed by atoms with Crippen LogP contribution in [0.2, 0.25) is 0 Å². The van der Waals surface area contributed by atoms with Gasteiger partial charge in [0.05, 0.1) is 6.42 Å².